The smallest absolute Gasteiger partial charge is 0.376 e. The van der Waals surface area contributed by atoms with Crippen molar-refractivity contribution in [1.29, 1.82) is 0 Å². The number of halogens is 3. The first-order chi connectivity index (χ1) is 13.4. The molecule has 0 aromatic heterocycles. The second-order valence-corrected chi connectivity index (χ2v) is 6.65. The summed E-state index contributed by atoms with van der Waals surface area (Å²) in [5.74, 6) is -0.119. The highest BCUT2D eigenvalue weighted by molar-refractivity contribution is 6.00. The van der Waals surface area contributed by atoms with Gasteiger partial charge >= 0.3 is 6.18 Å². The van der Waals surface area contributed by atoms with Gasteiger partial charge in [0.2, 0.25) is 0 Å². The van der Waals surface area contributed by atoms with Gasteiger partial charge in [-0.2, -0.15) is 13.2 Å². The lowest BCUT2D eigenvalue weighted by Gasteiger charge is -2.18. The zero-order chi connectivity index (χ0) is 19.7. The van der Waals surface area contributed by atoms with Gasteiger partial charge < -0.3 is 10.6 Å². The Morgan fingerprint density at radius 2 is 1.43 bits per heavy atom. The molecule has 1 heterocycles. The topological polar surface area (TPSA) is 41.1 Å². The summed E-state index contributed by atoms with van der Waals surface area (Å²) in [4.78, 5) is 12.2. The van der Waals surface area contributed by atoms with E-state index in [1.54, 1.807) is 6.07 Å². The summed E-state index contributed by atoms with van der Waals surface area (Å²) in [6.07, 6.45) is -4.34. The van der Waals surface area contributed by atoms with Crippen LogP contribution in [0.1, 0.15) is 27.5 Å². The Morgan fingerprint density at radius 3 is 2.07 bits per heavy atom. The number of alkyl halides is 3. The molecule has 2 N–H and O–H groups in total. The van der Waals surface area contributed by atoms with E-state index in [-0.39, 0.29) is 11.9 Å². The molecule has 3 aromatic carbocycles. The lowest BCUT2D eigenvalue weighted by molar-refractivity contribution is -0.137. The van der Waals surface area contributed by atoms with Gasteiger partial charge in [0, 0.05) is 12.2 Å². The van der Waals surface area contributed by atoms with Crippen molar-refractivity contribution >= 4 is 11.6 Å². The molecule has 1 aliphatic rings. The van der Waals surface area contributed by atoms with Crippen LogP contribution in [0.2, 0.25) is 0 Å². The highest BCUT2D eigenvalue weighted by Gasteiger charge is 2.30. The third-order valence-corrected chi connectivity index (χ3v) is 4.83. The van der Waals surface area contributed by atoms with Crippen LogP contribution in [0.5, 0.6) is 0 Å². The summed E-state index contributed by atoms with van der Waals surface area (Å²) in [6, 6.07) is 19.9. The molecular formula is C22H17F3N2O. The van der Waals surface area contributed by atoms with E-state index in [4.69, 9.17) is 0 Å². The van der Waals surface area contributed by atoms with Crippen LogP contribution in [0.3, 0.4) is 0 Å². The number of benzene rings is 3. The number of hydrogen-bond donors (Lipinski definition) is 2. The van der Waals surface area contributed by atoms with Crippen molar-refractivity contribution in [3.05, 3.63) is 89.5 Å². The van der Waals surface area contributed by atoms with Crippen molar-refractivity contribution in [3.63, 3.8) is 0 Å². The number of anilines is 1. The third kappa shape index (κ3) is 3.58. The van der Waals surface area contributed by atoms with Gasteiger partial charge in [-0.05, 0) is 41.0 Å². The SMILES string of the molecule is O=C1NCC(c2ccc(-c3ccc(C(F)(F)F)cc3)cc2)Nc2ccccc21. The van der Waals surface area contributed by atoms with Gasteiger partial charge in [0.25, 0.3) is 5.91 Å². The molecule has 3 aromatic rings. The summed E-state index contributed by atoms with van der Waals surface area (Å²) in [7, 11) is 0. The maximum atomic E-state index is 12.7. The fourth-order valence-electron chi connectivity index (χ4n) is 3.30. The van der Waals surface area contributed by atoms with Crippen molar-refractivity contribution in [2.45, 2.75) is 12.2 Å². The fourth-order valence-corrected chi connectivity index (χ4v) is 3.30. The Bertz CT molecular complexity index is 996. The molecule has 1 atom stereocenters. The van der Waals surface area contributed by atoms with Gasteiger partial charge in [-0.1, -0.05) is 48.5 Å². The Balaban J connectivity index is 1.56. The summed E-state index contributed by atoms with van der Waals surface area (Å²) in [6.45, 7) is 0.438. The quantitative estimate of drug-likeness (QED) is 0.634. The molecule has 1 unspecified atom stereocenters. The van der Waals surface area contributed by atoms with E-state index in [2.05, 4.69) is 10.6 Å². The van der Waals surface area contributed by atoms with Gasteiger partial charge in [0.1, 0.15) is 0 Å². The van der Waals surface area contributed by atoms with Gasteiger partial charge in [-0.3, -0.25) is 4.79 Å². The van der Waals surface area contributed by atoms with E-state index < -0.39 is 11.7 Å². The third-order valence-electron chi connectivity index (χ3n) is 4.83. The first-order valence-electron chi connectivity index (χ1n) is 8.83. The number of carbonyl (C=O) groups excluding carboxylic acids is 1. The van der Waals surface area contributed by atoms with Crippen molar-refractivity contribution in [2.75, 3.05) is 11.9 Å². The Kier molecular flexibility index (Phi) is 4.55. The minimum atomic E-state index is -4.34. The van der Waals surface area contributed by atoms with Crippen molar-refractivity contribution in [3.8, 4) is 11.1 Å². The van der Waals surface area contributed by atoms with E-state index in [0.29, 0.717) is 17.7 Å². The maximum Gasteiger partial charge on any atom is 0.416 e. The molecule has 0 fully saturated rings. The van der Waals surface area contributed by atoms with Crippen LogP contribution >= 0.6 is 0 Å². The Hall–Kier alpha value is -3.28. The van der Waals surface area contributed by atoms with E-state index in [9.17, 15) is 18.0 Å². The monoisotopic (exact) mass is 382 g/mol. The van der Waals surface area contributed by atoms with Crippen LogP contribution in [0.15, 0.2) is 72.8 Å². The predicted octanol–water partition coefficient (Wildman–Crippen LogP) is 5.27. The second kappa shape index (κ2) is 7.03. The summed E-state index contributed by atoms with van der Waals surface area (Å²) in [5.41, 5.74) is 3.24. The molecule has 28 heavy (non-hydrogen) atoms. The highest BCUT2D eigenvalue weighted by Crippen LogP contribution is 2.32. The predicted molar refractivity (Wildman–Crippen MR) is 102 cm³/mol. The number of carbonyl (C=O) groups is 1. The van der Waals surface area contributed by atoms with Gasteiger partial charge in [0.05, 0.1) is 17.2 Å². The first kappa shape index (κ1) is 18.1. The number of nitrogens with one attached hydrogen (secondary N) is 2. The van der Waals surface area contributed by atoms with Crippen LogP contribution in [-0.2, 0) is 6.18 Å². The molecule has 4 rings (SSSR count). The van der Waals surface area contributed by atoms with Crippen LogP contribution in [0.4, 0.5) is 18.9 Å². The van der Waals surface area contributed by atoms with Crippen LogP contribution in [0, 0.1) is 0 Å². The zero-order valence-corrected chi connectivity index (χ0v) is 14.8. The second-order valence-electron chi connectivity index (χ2n) is 6.65. The standard InChI is InChI=1S/C22H17F3N2O/c23-22(24,25)17-11-9-15(10-12-17)14-5-7-16(8-6-14)20-13-26-21(28)18-3-1-2-4-19(18)27-20/h1-12,20,27H,13H2,(H,26,28). The van der Waals surface area contributed by atoms with Gasteiger partial charge in [-0.25, -0.2) is 0 Å². The number of hydrogen-bond acceptors (Lipinski definition) is 2. The largest absolute Gasteiger partial charge is 0.416 e. The van der Waals surface area contributed by atoms with Crippen molar-refractivity contribution < 1.29 is 18.0 Å². The molecule has 6 heteroatoms. The van der Waals surface area contributed by atoms with Crippen molar-refractivity contribution in [1.82, 2.24) is 5.32 Å². The van der Waals surface area contributed by atoms with Crippen molar-refractivity contribution in [2.24, 2.45) is 0 Å². The number of amides is 1. The number of fused-ring (bicyclic) bond motifs is 1. The molecule has 0 aliphatic carbocycles. The number of para-hydroxylation sites is 1. The van der Waals surface area contributed by atoms with Crippen LogP contribution in [0.25, 0.3) is 11.1 Å². The van der Waals surface area contributed by atoms with E-state index in [1.165, 1.54) is 12.1 Å². The minimum absolute atomic E-state index is 0.103. The fraction of sp³-hybridized carbons (Fsp3) is 0.136. The van der Waals surface area contributed by atoms with E-state index in [0.717, 1.165) is 28.9 Å². The summed E-state index contributed by atoms with van der Waals surface area (Å²) in [5, 5.41) is 6.29. The molecule has 0 saturated heterocycles. The summed E-state index contributed by atoms with van der Waals surface area (Å²) >= 11 is 0. The average molecular weight is 382 g/mol. The Labute approximate surface area is 160 Å². The normalized spacial score (nSPS) is 16.5. The molecular weight excluding hydrogens is 365 g/mol. The molecule has 0 saturated carbocycles. The molecule has 1 amide bonds. The molecule has 0 radical (unpaired) electrons. The molecule has 0 bridgehead atoms. The average Bonchev–Trinajstić information content (AvgIpc) is 2.87. The van der Waals surface area contributed by atoms with E-state index in [1.807, 2.05) is 42.5 Å². The van der Waals surface area contributed by atoms with Gasteiger partial charge in [0.15, 0.2) is 0 Å². The molecule has 0 spiro atoms. The molecule has 3 nitrogen and oxygen atoms in total. The first-order valence-corrected chi connectivity index (χ1v) is 8.83. The molecule has 1 aliphatic heterocycles. The van der Waals surface area contributed by atoms with Crippen LogP contribution < -0.4 is 10.6 Å². The van der Waals surface area contributed by atoms with Gasteiger partial charge in [-0.15, -0.1) is 0 Å². The number of rotatable bonds is 2. The van der Waals surface area contributed by atoms with Crippen LogP contribution in [-0.4, -0.2) is 12.5 Å². The minimum Gasteiger partial charge on any atom is -0.376 e. The Morgan fingerprint density at radius 1 is 0.821 bits per heavy atom. The zero-order valence-electron chi connectivity index (χ0n) is 14.8. The summed E-state index contributed by atoms with van der Waals surface area (Å²) < 4.78 is 38.1. The lowest BCUT2D eigenvalue weighted by Crippen LogP contribution is -2.27. The lowest BCUT2D eigenvalue weighted by atomic mass is 9.99. The molecule has 142 valence electrons. The maximum absolute atomic E-state index is 12.7. The van der Waals surface area contributed by atoms with E-state index >= 15 is 0 Å². The highest BCUT2D eigenvalue weighted by atomic mass is 19.4.